The smallest absolute Gasteiger partial charge is 0.678 e. The Bertz CT molecular complexity index is 1630. The van der Waals surface area contributed by atoms with Gasteiger partial charge in [0, 0.05) is 22.4 Å². The molecule has 0 aliphatic carbocycles. The monoisotopic (exact) mass is 697 g/mol. The second-order valence-electron chi connectivity index (χ2n) is 10.4. The molecule has 0 unspecified atom stereocenters. The first kappa shape index (κ1) is 37.7. The molecule has 43 heavy (non-hydrogen) atoms. The first-order valence-electron chi connectivity index (χ1n) is 11.8. The molecule has 18 heteroatoms. The van der Waals surface area contributed by atoms with Crippen molar-refractivity contribution in [3.63, 3.8) is 0 Å². The van der Waals surface area contributed by atoms with Crippen LogP contribution in [0.2, 0.25) is 10.0 Å². The zero-order valence-electron chi connectivity index (χ0n) is 23.4. The van der Waals surface area contributed by atoms with Crippen LogP contribution in [0, 0.1) is 15.5 Å². The van der Waals surface area contributed by atoms with Crippen molar-refractivity contribution in [1.82, 2.24) is 0 Å². The number of hydrogen-bond acceptors (Lipinski definition) is 8. The van der Waals surface area contributed by atoms with Gasteiger partial charge in [0.05, 0.1) is 47.5 Å². The van der Waals surface area contributed by atoms with Crippen molar-refractivity contribution in [3.8, 4) is 0 Å². The van der Waals surface area contributed by atoms with Gasteiger partial charge in [0.2, 0.25) is 11.8 Å². The van der Waals surface area contributed by atoms with Gasteiger partial charge in [-0.3, -0.25) is 19.7 Å². The Kier molecular flexibility index (Phi) is 11.9. The molecule has 0 atom stereocenters. The van der Waals surface area contributed by atoms with Crippen LogP contribution >= 0.6 is 23.2 Å². The van der Waals surface area contributed by atoms with Crippen LogP contribution in [-0.4, -0.2) is 48.0 Å². The Labute approximate surface area is 266 Å². The number of non-ortho nitro benzene ring substituents is 1. The third-order valence-corrected chi connectivity index (χ3v) is 7.28. The van der Waals surface area contributed by atoms with Crippen molar-refractivity contribution in [2.75, 3.05) is 0 Å². The molecule has 0 spiro atoms. The first-order chi connectivity index (χ1) is 19.0. The van der Waals surface area contributed by atoms with E-state index in [9.17, 15) is 37.7 Å². The standard InChI is InChI=1S/C19H22Cl2N4O4.C6H4N2O4S.Co/c1-17(2)13(26)24-18(3,4)15(28)22-11-7-9(20)10(21)8-12(11)23-16(29)19(5,6)25-14(17)27;7-13(11,12)6-3-1-5(2-4-6)8(9)10;/h7-8H,1-6H3,(H2,24,25,26,27);1-4H;/q;-1;+3/p-2. The molecule has 2 aromatic rings. The zero-order valence-corrected chi connectivity index (χ0v) is 26.8. The van der Waals surface area contributed by atoms with Crippen molar-refractivity contribution in [3.05, 3.63) is 83.0 Å². The topological polar surface area (TPSA) is 221 Å². The fourth-order valence-electron chi connectivity index (χ4n) is 2.91. The number of rotatable bonds is 2. The van der Waals surface area contributed by atoms with E-state index in [1.54, 1.807) is 0 Å². The summed E-state index contributed by atoms with van der Waals surface area (Å²) in [5, 5.41) is 26.6. The second kappa shape index (κ2) is 13.6. The Morgan fingerprint density at radius 3 is 1.44 bits per heavy atom. The van der Waals surface area contributed by atoms with Gasteiger partial charge >= 0.3 is 16.8 Å². The molecule has 1 aliphatic heterocycles. The van der Waals surface area contributed by atoms with E-state index in [1.165, 1.54) is 53.7 Å². The van der Waals surface area contributed by atoms with Gasteiger partial charge in [-0.25, -0.2) is 18.4 Å². The molecule has 2 aromatic carbocycles. The number of sulfonamides is 1. The molecule has 0 bridgehead atoms. The summed E-state index contributed by atoms with van der Waals surface area (Å²) >= 11 is 12.0. The van der Waals surface area contributed by atoms with Crippen LogP contribution in [0.4, 0.5) is 5.69 Å². The summed E-state index contributed by atoms with van der Waals surface area (Å²) in [5.41, 5.74) is -5.06. The quantitative estimate of drug-likeness (QED) is 0.254. The number of amides is 4. The summed E-state index contributed by atoms with van der Waals surface area (Å²) in [5.74, 6) is -3.28. The number of nitro benzene ring substituents is 1. The predicted molar refractivity (Wildman–Crippen MR) is 151 cm³/mol. The fourth-order valence-corrected chi connectivity index (χ4v) is 3.71. The molecule has 1 aliphatic rings. The van der Waals surface area contributed by atoms with Crippen molar-refractivity contribution in [2.24, 2.45) is 15.4 Å². The van der Waals surface area contributed by atoms with Gasteiger partial charge in [-0.1, -0.05) is 50.9 Å². The molecule has 14 nitrogen and oxygen atoms in total. The molecule has 0 fully saturated rings. The van der Waals surface area contributed by atoms with E-state index in [-0.39, 0.29) is 48.1 Å². The Hall–Kier alpha value is -3.28. The summed E-state index contributed by atoms with van der Waals surface area (Å²) < 4.78 is 21.0. The normalized spacial score (nSPS) is 17.7. The van der Waals surface area contributed by atoms with Gasteiger partial charge in [-0.15, -0.1) is 0 Å². The van der Waals surface area contributed by atoms with E-state index in [0.29, 0.717) is 0 Å². The van der Waals surface area contributed by atoms with Crippen molar-refractivity contribution in [1.29, 1.82) is 0 Å². The van der Waals surface area contributed by atoms with E-state index >= 15 is 0 Å². The molecule has 0 saturated carbocycles. The van der Waals surface area contributed by atoms with E-state index in [2.05, 4.69) is 20.6 Å². The van der Waals surface area contributed by atoms with Crippen LogP contribution in [-0.2, 0) is 46.0 Å². The van der Waals surface area contributed by atoms with E-state index < -0.39 is 55.1 Å². The molecule has 1 radical (unpaired) electrons. The average molecular weight is 698 g/mol. The SMILES string of the molecule is CC1(C)[N-]C(=O)C(C)(C)C(=O)[N-]C(C)(C)C(=O)N=c2cc(Cl)c(Cl)cc2=NC1=O.[Co+3].[N-]S(=O)(=O)c1ccc([N+](=O)[O-])cc1. The minimum Gasteiger partial charge on any atom is -0.678 e. The van der Waals surface area contributed by atoms with Gasteiger partial charge < -0.3 is 25.4 Å². The van der Waals surface area contributed by atoms with Crippen LogP contribution in [0.1, 0.15) is 41.5 Å². The number of nitrogens with zero attached hydrogens (tertiary/aromatic N) is 6. The maximum atomic E-state index is 12.7. The molecule has 3 rings (SSSR count). The van der Waals surface area contributed by atoms with Crippen molar-refractivity contribution < 1.29 is 49.3 Å². The Morgan fingerprint density at radius 1 is 0.791 bits per heavy atom. The average Bonchev–Trinajstić information content (AvgIpc) is 2.85. The molecule has 0 N–H and O–H groups in total. The van der Waals surface area contributed by atoms with Crippen molar-refractivity contribution >= 4 is 62.5 Å². The number of carbonyl (C=O) groups is 4. The number of nitro groups is 1. The molecule has 4 amide bonds. The molecule has 1 heterocycles. The minimum absolute atomic E-state index is 0. The maximum absolute atomic E-state index is 12.7. The molecular formula is C25H24Cl2CoN6O8S. The molecule has 231 valence electrons. The summed E-state index contributed by atoms with van der Waals surface area (Å²) in [6.45, 7) is 8.20. The number of halogens is 2. The van der Waals surface area contributed by atoms with Gasteiger partial charge in [0.15, 0.2) is 0 Å². The number of hydrogen-bond donors (Lipinski definition) is 0. The molecule has 0 saturated heterocycles. The summed E-state index contributed by atoms with van der Waals surface area (Å²) in [4.78, 5) is 67.8. The maximum Gasteiger partial charge on any atom is 3.00 e. The number of benzene rings is 2. The van der Waals surface area contributed by atoms with Crippen molar-refractivity contribution in [2.45, 2.75) is 57.5 Å². The van der Waals surface area contributed by atoms with Crippen LogP contribution in [0.15, 0.2) is 51.3 Å². The third kappa shape index (κ3) is 9.35. The minimum atomic E-state index is -4.27. The van der Waals surface area contributed by atoms with E-state index in [4.69, 9.17) is 28.3 Å². The van der Waals surface area contributed by atoms with Crippen LogP contribution in [0.25, 0.3) is 15.8 Å². The Balaban J connectivity index is 0.000000554. The summed E-state index contributed by atoms with van der Waals surface area (Å²) in [6, 6.07) is 6.50. The van der Waals surface area contributed by atoms with E-state index in [1.807, 2.05) is 0 Å². The first-order valence-corrected chi connectivity index (χ1v) is 14.0. The Morgan fingerprint density at radius 2 is 1.14 bits per heavy atom. The van der Waals surface area contributed by atoms with Crippen LogP contribution in [0.3, 0.4) is 0 Å². The second-order valence-corrected chi connectivity index (χ2v) is 12.6. The predicted octanol–water partition coefficient (Wildman–Crippen LogP) is 3.80. The van der Waals surface area contributed by atoms with Crippen LogP contribution < -0.4 is 10.7 Å². The summed E-state index contributed by atoms with van der Waals surface area (Å²) in [6.07, 6.45) is 0. The molecular weight excluding hydrogens is 674 g/mol. The van der Waals surface area contributed by atoms with Gasteiger partial charge in [-0.2, -0.15) is 0 Å². The largest absolute Gasteiger partial charge is 3.00 e. The van der Waals surface area contributed by atoms with Gasteiger partial charge in [-0.05, 0) is 49.2 Å². The van der Waals surface area contributed by atoms with Gasteiger partial charge in [0.25, 0.3) is 5.69 Å². The number of fused-ring (bicyclic) bond motifs is 1. The van der Waals surface area contributed by atoms with E-state index in [0.717, 1.165) is 24.3 Å². The zero-order chi connectivity index (χ0) is 32.4. The third-order valence-electron chi connectivity index (χ3n) is 5.69. The summed E-state index contributed by atoms with van der Waals surface area (Å²) in [7, 11) is -4.27. The van der Waals surface area contributed by atoms with Crippen LogP contribution in [0.5, 0.6) is 0 Å². The number of carbonyl (C=O) groups excluding carboxylic acids is 4. The van der Waals surface area contributed by atoms with Gasteiger partial charge in [0.1, 0.15) is 0 Å². The fraction of sp³-hybridized carbons (Fsp3) is 0.360. The molecule has 0 aromatic heterocycles.